The number of hydrogen-bond donors (Lipinski definition) is 2. The van der Waals surface area contributed by atoms with E-state index in [1.165, 1.54) is 12.1 Å². The van der Waals surface area contributed by atoms with E-state index < -0.39 is 12.1 Å². The van der Waals surface area contributed by atoms with E-state index in [0.717, 1.165) is 12.1 Å². The minimum atomic E-state index is -4.72. The molecule has 0 aliphatic heterocycles. The highest BCUT2D eigenvalue weighted by molar-refractivity contribution is 5.30. The van der Waals surface area contributed by atoms with Crippen LogP contribution in [0.15, 0.2) is 24.3 Å². The summed E-state index contributed by atoms with van der Waals surface area (Å²) >= 11 is 0. The summed E-state index contributed by atoms with van der Waals surface area (Å²) in [7, 11) is 0. The molecule has 1 rings (SSSR count). The molecule has 0 saturated carbocycles. The Kier molecular flexibility index (Phi) is 3.68. The number of rotatable bonds is 3. The van der Waals surface area contributed by atoms with Crippen molar-refractivity contribution in [3.05, 3.63) is 29.8 Å². The number of aliphatic hydroxyl groups is 1. The van der Waals surface area contributed by atoms with Gasteiger partial charge in [-0.05, 0) is 23.6 Å². The minimum Gasteiger partial charge on any atom is -0.406 e. The van der Waals surface area contributed by atoms with Gasteiger partial charge in [-0.25, -0.2) is 0 Å². The van der Waals surface area contributed by atoms with E-state index in [-0.39, 0.29) is 11.7 Å². The van der Waals surface area contributed by atoms with E-state index >= 15 is 0 Å². The monoisotopic (exact) mass is 249 g/mol. The van der Waals surface area contributed by atoms with Crippen molar-refractivity contribution in [1.82, 2.24) is 0 Å². The van der Waals surface area contributed by atoms with Gasteiger partial charge in [0.15, 0.2) is 0 Å². The van der Waals surface area contributed by atoms with Crippen molar-refractivity contribution in [3.63, 3.8) is 0 Å². The third kappa shape index (κ3) is 3.61. The van der Waals surface area contributed by atoms with Crippen LogP contribution in [-0.4, -0.2) is 11.5 Å². The van der Waals surface area contributed by atoms with E-state index in [0.29, 0.717) is 5.56 Å². The molecule has 3 N–H and O–H groups in total. The average molecular weight is 249 g/mol. The summed E-state index contributed by atoms with van der Waals surface area (Å²) < 4.78 is 39.4. The Balaban J connectivity index is 2.89. The molecule has 6 heteroatoms. The molecule has 96 valence electrons. The average Bonchev–Trinajstić information content (AvgIpc) is 2.15. The highest BCUT2D eigenvalue weighted by Crippen LogP contribution is 2.27. The van der Waals surface area contributed by atoms with Crippen molar-refractivity contribution in [2.75, 3.05) is 0 Å². The second-order valence-corrected chi connectivity index (χ2v) is 4.05. The molecule has 0 amide bonds. The molecule has 1 aromatic carbocycles. The maximum absolute atomic E-state index is 11.9. The van der Waals surface area contributed by atoms with Crippen molar-refractivity contribution in [1.29, 1.82) is 0 Å². The normalized spacial score (nSPS) is 15.8. The molecule has 0 spiro atoms. The number of hydrogen-bond acceptors (Lipinski definition) is 3. The van der Waals surface area contributed by atoms with Gasteiger partial charge in [0, 0.05) is 0 Å². The van der Waals surface area contributed by atoms with Crippen molar-refractivity contribution >= 4 is 0 Å². The van der Waals surface area contributed by atoms with Crippen LogP contribution in [0.25, 0.3) is 0 Å². The summed E-state index contributed by atoms with van der Waals surface area (Å²) in [5, 5.41) is 9.90. The first kappa shape index (κ1) is 13.8. The Bertz CT molecular complexity index is 371. The molecule has 0 fully saturated rings. The van der Waals surface area contributed by atoms with Crippen LogP contribution < -0.4 is 10.5 Å². The van der Waals surface area contributed by atoms with Crippen LogP contribution in [0, 0.1) is 5.92 Å². The van der Waals surface area contributed by atoms with Crippen LogP contribution in [0.2, 0.25) is 0 Å². The van der Waals surface area contributed by atoms with Crippen LogP contribution in [0.5, 0.6) is 5.75 Å². The Morgan fingerprint density at radius 3 is 2.00 bits per heavy atom. The number of benzene rings is 1. The van der Waals surface area contributed by atoms with Crippen molar-refractivity contribution in [2.45, 2.75) is 25.9 Å². The van der Waals surface area contributed by atoms with Crippen molar-refractivity contribution < 1.29 is 23.0 Å². The largest absolute Gasteiger partial charge is 0.573 e. The van der Waals surface area contributed by atoms with Crippen LogP contribution in [0.4, 0.5) is 13.2 Å². The lowest BCUT2D eigenvalue weighted by molar-refractivity contribution is -0.274. The van der Waals surface area contributed by atoms with E-state index in [9.17, 15) is 18.3 Å². The summed E-state index contributed by atoms with van der Waals surface area (Å²) in [6, 6.07) is 4.84. The highest BCUT2D eigenvalue weighted by Gasteiger charge is 2.32. The Morgan fingerprint density at radius 1 is 1.18 bits per heavy atom. The lowest BCUT2D eigenvalue weighted by atomic mass is 9.92. The van der Waals surface area contributed by atoms with Gasteiger partial charge >= 0.3 is 6.36 Å². The number of ether oxygens (including phenoxy) is 1. The zero-order valence-corrected chi connectivity index (χ0v) is 9.45. The molecular formula is C11H14F3NO2. The molecule has 0 unspecified atom stereocenters. The summed E-state index contributed by atoms with van der Waals surface area (Å²) in [6.45, 7) is 3.42. The van der Waals surface area contributed by atoms with Gasteiger partial charge in [0.1, 0.15) is 11.5 Å². The van der Waals surface area contributed by atoms with Gasteiger partial charge in [0.2, 0.25) is 0 Å². The first-order valence-electron chi connectivity index (χ1n) is 5.00. The van der Waals surface area contributed by atoms with Gasteiger partial charge in [0.25, 0.3) is 0 Å². The Hall–Kier alpha value is -1.27. The molecule has 1 atom stereocenters. The van der Waals surface area contributed by atoms with Gasteiger partial charge in [0.05, 0.1) is 0 Å². The molecule has 1 aromatic rings. The van der Waals surface area contributed by atoms with E-state index in [4.69, 9.17) is 5.73 Å². The zero-order valence-electron chi connectivity index (χ0n) is 9.45. The Morgan fingerprint density at radius 2 is 1.65 bits per heavy atom. The topological polar surface area (TPSA) is 55.5 Å². The molecule has 0 heterocycles. The highest BCUT2D eigenvalue weighted by atomic mass is 19.4. The van der Waals surface area contributed by atoms with Gasteiger partial charge in [-0.2, -0.15) is 0 Å². The summed E-state index contributed by atoms with van der Waals surface area (Å²) in [4.78, 5) is 0. The quantitative estimate of drug-likeness (QED) is 0.808. The fraction of sp³-hybridized carbons (Fsp3) is 0.455. The van der Waals surface area contributed by atoms with Crippen molar-refractivity contribution in [3.8, 4) is 5.75 Å². The molecule has 0 radical (unpaired) electrons. The third-order valence-corrected chi connectivity index (χ3v) is 2.43. The Labute approximate surface area is 97.0 Å². The molecule has 3 nitrogen and oxygen atoms in total. The van der Waals surface area contributed by atoms with Crippen LogP contribution in [-0.2, 0) is 5.72 Å². The molecule has 0 bridgehead atoms. The molecule has 0 aliphatic carbocycles. The molecule has 0 aromatic heterocycles. The van der Waals surface area contributed by atoms with Crippen LogP contribution in [0.3, 0.4) is 0 Å². The molecular weight excluding hydrogens is 235 g/mol. The lowest BCUT2D eigenvalue weighted by Crippen LogP contribution is -2.41. The first-order valence-corrected chi connectivity index (χ1v) is 5.00. The maximum atomic E-state index is 11.9. The first-order chi connectivity index (χ1) is 7.63. The van der Waals surface area contributed by atoms with Gasteiger partial charge < -0.3 is 9.84 Å². The molecule has 0 saturated heterocycles. The van der Waals surface area contributed by atoms with Crippen LogP contribution in [0.1, 0.15) is 19.4 Å². The third-order valence-electron chi connectivity index (χ3n) is 2.43. The van der Waals surface area contributed by atoms with E-state index in [1.54, 1.807) is 13.8 Å². The second kappa shape index (κ2) is 4.54. The number of nitrogens with two attached hydrogens (primary N) is 1. The zero-order chi connectivity index (χ0) is 13.3. The SMILES string of the molecule is CC(C)[C@](N)(O)c1ccc(OC(F)(F)F)cc1. The number of alkyl halides is 3. The van der Waals surface area contributed by atoms with Gasteiger partial charge in [-0.15, -0.1) is 13.2 Å². The summed E-state index contributed by atoms with van der Waals surface area (Å²) in [5.41, 5.74) is 4.41. The molecule has 0 aliphatic rings. The number of halogens is 3. The van der Waals surface area contributed by atoms with E-state index in [1.807, 2.05) is 0 Å². The fourth-order valence-corrected chi connectivity index (χ4v) is 1.26. The van der Waals surface area contributed by atoms with E-state index in [2.05, 4.69) is 4.74 Å². The summed E-state index contributed by atoms with van der Waals surface area (Å²) in [5.74, 6) is -0.613. The maximum Gasteiger partial charge on any atom is 0.573 e. The standard InChI is InChI=1S/C11H14F3NO2/c1-7(2)10(15,16)8-3-5-9(6-4-8)17-11(12,13)14/h3-7,16H,15H2,1-2H3/t10-/m0/s1. The predicted molar refractivity (Wildman–Crippen MR) is 56.0 cm³/mol. The van der Waals surface area contributed by atoms with Gasteiger partial charge in [-0.1, -0.05) is 26.0 Å². The second-order valence-electron chi connectivity index (χ2n) is 4.05. The smallest absolute Gasteiger partial charge is 0.406 e. The van der Waals surface area contributed by atoms with Crippen LogP contribution >= 0.6 is 0 Å². The predicted octanol–water partition coefficient (Wildman–Crippen LogP) is 2.35. The summed E-state index contributed by atoms with van der Waals surface area (Å²) in [6.07, 6.45) is -4.72. The fourth-order valence-electron chi connectivity index (χ4n) is 1.26. The lowest BCUT2D eigenvalue weighted by Gasteiger charge is -2.28. The minimum absolute atomic E-state index is 0.267. The van der Waals surface area contributed by atoms with Gasteiger partial charge in [-0.3, -0.25) is 5.73 Å². The molecule has 17 heavy (non-hydrogen) atoms. The van der Waals surface area contributed by atoms with Crippen molar-refractivity contribution in [2.24, 2.45) is 11.7 Å².